The molecule has 2 aromatic heterocycles. The zero-order valence-corrected chi connectivity index (χ0v) is 26.6. The quantitative estimate of drug-likeness (QED) is 0.138. The first-order chi connectivity index (χ1) is 23.2. The first kappa shape index (κ1) is 29.3. The van der Waals surface area contributed by atoms with Crippen molar-refractivity contribution in [3.8, 4) is 0 Å². The van der Waals surface area contributed by atoms with Crippen LogP contribution in [-0.2, 0) is 5.60 Å². The molecule has 8 heteroatoms. The molecule has 3 N–H and O–H groups in total. The number of aryl methyl sites for hydroxylation is 3. The van der Waals surface area contributed by atoms with E-state index in [0.29, 0.717) is 34.1 Å². The maximum atomic E-state index is 12.9. The molecule has 0 spiro atoms. The molecule has 5 heterocycles. The Morgan fingerprint density at radius 3 is 1.81 bits per heavy atom. The van der Waals surface area contributed by atoms with Crippen LogP contribution in [0.3, 0.4) is 0 Å². The molecular formula is C40H31N5O3. The van der Waals surface area contributed by atoms with Crippen LogP contribution in [0.2, 0.25) is 0 Å². The molecule has 3 aliphatic heterocycles. The summed E-state index contributed by atoms with van der Waals surface area (Å²) in [6.07, 6.45) is 7.75. The lowest BCUT2D eigenvalue weighted by Gasteiger charge is -2.27. The standard InChI is InChI=1S/C40H31N5O3/c1-23-4-10-26(11-5-23)37-30-17-16-29(41-30)34-22-35(45(47)48)39(44-34)40(46,28-14-8-25(3)9-15-28)36-21-20-33(43-36)38(32-19-18-31(37)42-32)27-12-6-24(2)7-13-27/h4-22,43-44,46H,1-3H3/b37-30-,38-32-. The number of nitrogens with one attached hydrogen (secondary N) is 2. The zero-order valence-electron chi connectivity index (χ0n) is 26.6. The van der Waals surface area contributed by atoms with Crippen LogP contribution in [0, 0.1) is 30.9 Å². The molecule has 5 aromatic rings. The lowest BCUT2D eigenvalue weighted by Crippen LogP contribution is -2.31. The van der Waals surface area contributed by atoms with Gasteiger partial charge in [-0.05, 0) is 73.9 Å². The molecule has 0 radical (unpaired) electrons. The van der Waals surface area contributed by atoms with Crippen molar-refractivity contribution in [1.29, 1.82) is 0 Å². The maximum absolute atomic E-state index is 12.9. The number of allylic oxidation sites excluding steroid dienone is 5. The first-order valence-electron chi connectivity index (χ1n) is 15.7. The number of nitro groups is 1. The van der Waals surface area contributed by atoms with Crippen molar-refractivity contribution in [1.82, 2.24) is 9.97 Å². The summed E-state index contributed by atoms with van der Waals surface area (Å²) in [7, 11) is 0. The van der Waals surface area contributed by atoms with Crippen LogP contribution in [0.1, 0.15) is 56.2 Å². The van der Waals surface area contributed by atoms with Crippen molar-refractivity contribution in [2.24, 2.45) is 9.98 Å². The summed E-state index contributed by atoms with van der Waals surface area (Å²) in [5, 5.41) is 25.5. The van der Waals surface area contributed by atoms with E-state index < -0.39 is 10.5 Å². The van der Waals surface area contributed by atoms with E-state index in [2.05, 4.69) is 58.5 Å². The third-order valence-electron chi connectivity index (χ3n) is 9.17. The third kappa shape index (κ3) is 4.73. The summed E-state index contributed by atoms with van der Waals surface area (Å²) in [5.74, 6) is 0. The normalized spacial score (nSPS) is 21.2. The van der Waals surface area contributed by atoms with Crippen LogP contribution in [0.4, 0.5) is 5.69 Å². The smallest absolute Gasteiger partial charge is 0.294 e. The summed E-state index contributed by atoms with van der Waals surface area (Å²) in [6, 6.07) is 28.9. The van der Waals surface area contributed by atoms with Gasteiger partial charge in [0.1, 0.15) is 5.69 Å². The largest absolute Gasteiger partial charge is 0.373 e. The number of aromatic nitrogens is 2. The minimum absolute atomic E-state index is 0.0342. The van der Waals surface area contributed by atoms with Crippen molar-refractivity contribution in [2.45, 2.75) is 26.4 Å². The van der Waals surface area contributed by atoms with Crippen molar-refractivity contribution >= 4 is 28.3 Å². The van der Waals surface area contributed by atoms with Gasteiger partial charge in [0.25, 0.3) is 5.69 Å². The Kier molecular flexibility index (Phi) is 6.71. The van der Waals surface area contributed by atoms with E-state index in [1.165, 1.54) is 6.07 Å². The molecule has 8 bridgehead atoms. The van der Waals surface area contributed by atoms with Gasteiger partial charge in [0, 0.05) is 22.9 Å². The average Bonchev–Trinajstić information content (AvgIpc) is 3.90. The van der Waals surface area contributed by atoms with Crippen molar-refractivity contribution in [2.75, 3.05) is 0 Å². The number of aliphatic imine (C=N–C) groups is 2. The lowest BCUT2D eigenvalue weighted by molar-refractivity contribution is -0.386. The van der Waals surface area contributed by atoms with Crippen LogP contribution < -0.4 is 0 Å². The predicted octanol–water partition coefficient (Wildman–Crippen LogP) is 8.01. The second kappa shape index (κ2) is 11.0. The number of rotatable bonds is 4. The highest BCUT2D eigenvalue weighted by molar-refractivity contribution is 6.32. The van der Waals surface area contributed by atoms with Gasteiger partial charge in [-0.1, -0.05) is 89.5 Å². The molecule has 1 unspecified atom stereocenters. The summed E-state index contributed by atoms with van der Waals surface area (Å²) < 4.78 is 0. The summed E-state index contributed by atoms with van der Waals surface area (Å²) in [4.78, 5) is 29.1. The molecule has 3 aromatic carbocycles. The van der Waals surface area contributed by atoms with Crippen LogP contribution in [-0.4, -0.2) is 31.4 Å². The van der Waals surface area contributed by atoms with Gasteiger partial charge in [-0.25, -0.2) is 9.98 Å². The number of H-pyrrole nitrogens is 2. The first-order valence-corrected chi connectivity index (χ1v) is 15.7. The van der Waals surface area contributed by atoms with Gasteiger partial charge in [-0.3, -0.25) is 10.1 Å². The lowest BCUT2D eigenvalue weighted by atomic mass is 9.86. The molecule has 8 nitrogen and oxygen atoms in total. The summed E-state index contributed by atoms with van der Waals surface area (Å²) in [6.45, 7) is 6.04. The fraction of sp³-hybridized carbons (Fsp3) is 0.100. The molecule has 48 heavy (non-hydrogen) atoms. The Balaban J connectivity index is 1.47. The number of fused-ring (bicyclic) bond motifs is 7. The van der Waals surface area contributed by atoms with E-state index in [1.807, 2.05) is 63.3 Å². The van der Waals surface area contributed by atoms with Crippen molar-refractivity contribution in [3.63, 3.8) is 0 Å². The number of benzene rings is 3. The zero-order chi connectivity index (χ0) is 33.2. The molecular weight excluding hydrogens is 598 g/mol. The van der Waals surface area contributed by atoms with E-state index in [9.17, 15) is 15.2 Å². The molecule has 0 saturated carbocycles. The molecule has 0 amide bonds. The maximum Gasteiger partial charge on any atom is 0.294 e. The van der Waals surface area contributed by atoms with E-state index >= 15 is 0 Å². The van der Waals surface area contributed by atoms with Crippen molar-refractivity contribution in [3.05, 3.63) is 193 Å². The van der Waals surface area contributed by atoms with Gasteiger partial charge in [0.05, 0.1) is 39.1 Å². The number of aliphatic hydroxyl groups is 1. The Hall–Kier alpha value is -6.12. The highest BCUT2D eigenvalue weighted by atomic mass is 16.6. The summed E-state index contributed by atoms with van der Waals surface area (Å²) in [5.41, 5.74) is 9.29. The fourth-order valence-electron chi connectivity index (χ4n) is 6.58. The van der Waals surface area contributed by atoms with Gasteiger partial charge in [-0.15, -0.1) is 0 Å². The number of nitrogens with zero attached hydrogens (tertiary/aromatic N) is 3. The second-order valence-corrected chi connectivity index (χ2v) is 12.5. The van der Waals surface area contributed by atoms with Crippen molar-refractivity contribution < 1.29 is 10.0 Å². The van der Waals surface area contributed by atoms with Gasteiger partial charge in [0.2, 0.25) is 0 Å². The Bertz CT molecular complexity index is 2330. The van der Waals surface area contributed by atoms with Crippen LogP contribution in [0.25, 0.3) is 11.1 Å². The minimum Gasteiger partial charge on any atom is -0.373 e. The highest BCUT2D eigenvalue weighted by Gasteiger charge is 2.43. The van der Waals surface area contributed by atoms with Crippen LogP contribution in [0.5, 0.6) is 0 Å². The highest BCUT2D eigenvalue weighted by Crippen LogP contribution is 2.43. The Morgan fingerprint density at radius 2 is 1.19 bits per heavy atom. The van der Waals surface area contributed by atoms with E-state index in [1.54, 1.807) is 18.2 Å². The second-order valence-electron chi connectivity index (χ2n) is 12.5. The summed E-state index contributed by atoms with van der Waals surface area (Å²) >= 11 is 0. The Morgan fingerprint density at radius 1 is 0.646 bits per heavy atom. The topological polar surface area (TPSA) is 120 Å². The van der Waals surface area contributed by atoms with Crippen LogP contribution >= 0.6 is 0 Å². The van der Waals surface area contributed by atoms with Crippen LogP contribution in [0.15, 0.2) is 137 Å². The monoisotopic (exact) mass is 629 g/mol. The molecule has 234 valence electrons. The van der Waals surface area contributed by atoms with E-state index in [-0.39, 0.29) is 11.4 Å². The van der Waals surface area contributed by atoms with E-state index in [4.69, 9.17) is 9.98 Å². The van der Waals surface area contributed by atoms with Gasteiger partial charge >= 0.3 is 0 Å². The van der Waals surface area contributed by atoms with Gasteiger partial charge < -0.3 is 15.1 Å². The van der Waals surface area contributed by atoms with E-state index in [0.717, 1.165) is 50.4 Å². The van der Waals surface area contributed by atoms with Gasteiger partial charge in [0.15, 0.2) is 5.60 Å². The van der Waals surface area contributed by atoms with Gasteiger partial charge in [-0.2, -0.15) is 0 Å². The third-order valence-corrected chi connectivity index (χ3v) is 9.17. The fourth-order valence-corrected chi connectivity index (χ4v) is 6.58. The molecule has 0 fully saturated rings. The molecule has 3 aliphatic rings. The number of aromatic amines is 2. The Labute approximate surface area is 277 Å². The molecule has 0 saturated heterocycles. The molecule has 8 rings (SSSR count). The number of hydrogen-bond donors (Lipinski definition) is 3. The average molecular weight is 630 g/mol. The molecule has 0 aliphatic carbocycles. The number of hydrogen-bond acceptors (Lipinski definition) is 5. The minimum atomic E-state index is -1.94. The predicted molar refractivity (Wildman–Crippen MR) is 189 cm³/mol. The molecule has 1 atom stereocenters. The SMILES string of the molecule is Cc1ccc(/C2=C3\C=CC(=N3)c3cc([N+](=O)[O-])c([nH]3)C(O)(c3ccc(C)cc3)c3ccc([nH]3)/C(c3ccc(C)cc3)=C3/C=CC2=N3)cc1.